The molecule has 0 radical (unpaired) electrons. The van der Waals surface area contributed by atoms with Crippen molar-refractivity contribution in [3.05, 3.63) is 21.1 Å². The lowest BCUT2D eigenvalue weighted by Gasteiger charge is -2.27. The second-order valence-corrected chi connectivity index (χ2v) is 13.9. The number of hydrogen-bond acceptors (Lipinski definition) is 8. The molecule has 0 aliphatic heterocycles. The predicted molar refractivity (Wildman–Crippen MR) is 211 cm³/mol. The van der Waals surface area contributed by atoms with Gasteiger partial charge >= 0.3 is 0 Å². The summed E-state index contributed by atoms with van der Waals surface area (Å²) in [7, 11) is 6.69. The first-order chi connectivity index (χ1) is 24.4. The second-order valence-electron chi connectivity index (χ2n) is 12.3. The first-order valence-corrected chi connectivity index (χ1v) is 19.4. The Kier molecular flexibility index (Phi) is 13.2. The van der Waals surface area contributed by atoms with Crippen molar-refractivity contribution in [3.8, 4) is 46.0 Å². The van der Waals surface area contributed by atoms with Crippen molar-refractivity contribution in [3.63, 3.8) is 0 Å². The Balaban J connectivity index is 2.20. The van der Waals surface area contributed by atoms with Crippen LogP contribution in [0, 0.1) is 0 Å². The zero-order valence-electron chi connectivity index (χ0n) is 30.7. The van der Waals surface area contributed by atoms with Crippen LogP contribution in [-0.2, 0) is 0 Å². The van der Waals surface area contributed by atoms with Gasteiger partial charge in [0.05, 0.1) is 63.8 Å². The van der Waals surface area contributed by atoms with Crippen molar-refractivity contribution in [1.29, 1.82) is 0 Å². The van der Waals surface area contributed by atoms with Gasteiger partial charge in [0.15, 0.2) is 46.0 Å². The third kappa shape index (κ3) is 6.74. The number of halogens is 2. The number of benzene rings is 5. The molecule has 5 aromatic carbocycles. The molecule has 0 aromatic heterocycles. The highest BCUT2D eigenvalue weighted by atomic mass is 79.9. The van der Waals surface area contributed by atoms with Gasteiger partial charge in [0, 0.05) is 43.1 Å². The van der Waals surface area contributed by atoms with Gasteiger partial charge in [-0.15, -0.1) is 0 Å². The van der Waals surface area contributed by atoms with Crippen LogP contribution in [0.5, 0.6) is 46.0 Å². The van der Waals surface area contributed by atoms with E-state index in [0.717, 1.165) is 103 Å². The number of methoxy groups -OCH3 is 4. The minimum atomic E-state index is 0.507. The van der Waals surface area contributed by atoms with Gasteiger partial charge in [-0.1, -0.05) is 53.4 Å². The van der Waals surface area contributed by atoms with E-state index >= 15 is 0 Å². The van der Waals surface area contributed by atoms with E-state index in [2.05, 4.69) is 59.6 Å². The van der Waals surface area contributed by atoms with Gasteiger partial charge in [0.1, 0.15) is 0 Å². The van der Waals surface area contributed by atoms with Crippen LogP contribution in [0.25, 0.3) is 43.1 Å². The van der Waals surface area contributed by atoms with Crippen molar-refractivity contribution in [2.24, 2.45) is 0 Å². The van der Waals surface area contributed by atoms with Gasteiger partial charge in [-0.05, 0) is 69.7 Å². The molecule has 8 nitrogen and oxygen atoms in total. The summed E-state index contributed by atoms with van der Waals surface area (Å²) in [6.45, 7) is 10.6. The molecule has 0 unspecified atom stereocenters. The molecule has 0 aliphatic rings. The fourth-order valence-corrected chi connectivity index (χ4v) is 7.81. The summed E-state index contributed by atoms with van der Waals surface area (Å²) in [5.41, 5.74) is 0. The van der Waals surface area contributed by atoms with Crippen LogP contribution < -0.4 is 37.9 Å². The van der Waals surface area contributed by atoms with Gasteiger partial charge in [0.2, 0.25) is 0 Å². The number of rotatable bonds is 20. The van der Waals surface area contributed by atoms with E-state index in [-0.39, 0.29) is 0 Å². The maximum absolute atomic E-state index is 6.76. The molecule has 272 valence electrons. The Bertz CT molecular complexity index is 1780. The molecular weight excluding hydrogens is 768 g/mol. The largest absolute Gasteiger partial charge is 0.493 e. The fraction of sp³-hybridized carbons (Fsp3) is 0.500. The van der Waals surface area contributed by atoms with E-state index < -0.39 is 0 Å². The maximum Gasteiger partial charge on any atom is 0.176 e. The van der Waals surface area contributed by atoms with Crippen molar-refractivity contribution in [2.45, 2.75) is 79.1 Å². The molecule has 0 fully saturated rings. The van der Waals surface area contributed by atoms with Crippen LogP contribution in [0.2, 0.25) is 0 Å². The first-order valence-electron chi connectivity index (χ1n) is 17.8. The molecule has 50 heavy (non-hydrogen) atoms. The summed E-state index contributed by atoms with van der Waals surface area (Å²) < 4.78 is 53.0. The van der Waals surface area contributed by atoms with Crippen LogP contribution in [0.3, 0.4) is 0 Å². The highest BCUT2D eigenvalue weighted by Crippen LogP contribution is 2.62. The number of unbranched alkanes of at least 4 members (excludes halogenated alkanes) is 4. The molecule has 0 saturated carbocycles. The molecule has 0 heterocycles. The van der Waals surface area contributed by atoms with Gasteiger partial charge in [0.25, 0.3) is 0 Å². The van der Waals surface area contributed by atoms with Crippen LogP contribution in [0.4, 0.5) is 0 Å². The lowest BCUT2D eigenvalue weighted by molar-refractivity contribution is 0.288. The summed E-state index contributed by atoms with van der Waals surface area (Å²) >= 11 is 7.88. The Morgan fingerprint density at radius 3 is 0.980 bits per heavy atom. The Hall–Kier alpha value is -3.24. The normalized spacial score (nSPS) is 11.6. The monoisotopic (exact) mass is 816 g/mol. The molecule has 0 amide bonds. The van der Waals surface area contributed by atoms with E-state index in [4.69, 9.17) is 37.9 Å². The molecule has 0 atom stereocenters. The van der Waals surface area contributed by atoms with E-state index in [1.807, 2.05) is 12.1 Å². The average molecular weight is 819 g/mol. The highest BCUT2D eigenvalue weighted by Gasteiger charge is 2.34. The summed E-state index contributed by atoms with van der Waals surface area (Å²) in [6, 6.07) is 4.03. The van der Waals surface area contributed by atoms with Crippen LogP contribution in [-0.4, -0.2) is 54.9 Å². The summed E-state index contributed by atoms with van der Waals surface area (Å²) in [5, 5.41) is 6.92. The van der Waals surface area contributed by atoms with Crippen molar-refractivity contribution < 1.29 is 37.9 Å². The van der Waals surface area contributed by atoms with Crippen LogP contribution in [0.1, 0.15) is 79.1 Å². The zero-order chi connectivity index (χ0) is 35.9. The van der Waals surface area contributed by atoms with Gasteiger partial charge in [-0.2, -0.15) is 0 Å². The van der Waals surface area contributed by atoms with Crippen molar-refractivity contribution in [2.75, 3.05) is 54.9 Å². The molecule has 5 aromatic rings. The Morgan fingerprint density at radius 2 is 0.700 bits per heavy atom. The average Bonchev–Trinajstić information content (AvgIpc) is 3.12. The highest BCUT2D eigenvalue weighted by molar-refractivity contribution is 9.11. The molecule has 0 aliphatic carbocycles. The van der Waals surface area contributed by atoms with Crippen LogP contribution >= 0.6 is 31.9 Å². The second kappa shape index (κ2) is 17.3. The quantitative estimate of drug-likeness (QED) is 0.0437. The van der Waals surface area contributed by atoms with Gasteiger partial charge in [-0.3, -0.25) is 0 Å². The van der Waals surface area contributed by atoms with E-state index in [0.29, 0.717) is 72.4 Å². The predicted octanol–water partition coefficient (Wildman–Crippen LogP) is 12.0. The van der Waals surface area contributed by atoms with E-state index in [9.17, 15) is 0 Å². The number of hydrogen-bond donors (Lipinski definition) is 0. The third-order valence-corrected chi connectivity index (χ3v) is 10.6. The Morgan fingerprint density at radius 1 is 0.400 bits per heavy atom. The fourth-order valence-electron chi connectivity index (χ4n) is 6.50. The Labute approximate surface area is 312 Å². The number of ether oxygens (including phenoxy) is 8. The summed E-state index contributed by atoms with van der Waals surface area (Å²) in [6.07, 6.45) is 7.44. The molecule has 0 saturated heterocycles. The van der Waals surface area contributed by atoms with E-state index in [1.165, 1.54) is 0 Å². The molecule has 0 spiro atoms. The topological polar surface area (TPSA) is 73.8 Å². The molecule has 10 heteroatoms. The lowest BCUT2D eigenvalue weighted by Crippen LogP contribution is -2.07. The third-order valence-electron chi connectivity index (χ3n) is 9.05. The van der Waals surface area contributed by atoms with Gasteiger partial charge in [-0.25, -0.2) is 0 Å². The van der Waals surface area contributed by atoms with Crippen LogP contribution in [0.15, 0.2) is 21.1 Å². The molecule has 0 N–H and O–H groups in total. The van der Waals surface area contributed by atoms with Crippen molar-refractivity contribution in [1.82, 2.24) is 0 Å². The zero-order valence-corrected chi connectivity index (χ0v) is 33.8. The standard InChI is InChI=1S/C40H50Br2O8/c1-9-13-17-47-35-25(43-5)21-23-27-29(35)30-28-24(22-26(44-6)36(30)48-18-14-10-2)34(42)40(46-8)38(50-20-16-12-4)32(28)31(27)37(49-19-15-11-3)39(45-7)33(23)41/h21-22H,9-20H2,1-8H3. The number of fused-ring (bicyclic) bond motifs is 2. The summed E-state index contributed by atoms with van der Waals surface area (Å²) in [5.74, 6) is 4.87. The SMILES string of the molecule is CCCCOc1c(OC)cc2c(Br)c(OC)c(OCCCC)c3c4c(OCCCC)c(OC)c(Br)c5cc(OC)c(OCCCC)c(c1c23)c54. The minimum Gasteiger partial charge on any atom is -0.493 e. The van der Waals surface area contributed by atoms with E-state index in [1.54, 1.807) is 28.4 Å². The smallest absolute Gasteiger partial charge is 0.176 e. The molecular formula is C40H50Br2O8. The van der Waals surface area contributed by atoms with Crippen molar-refractivity contribution >= 4 is 74.9 Å². The molecule has 5 rings (SSSR count). The summed E-state index contributed by atoms with van der Waals surface area (Å²) in [4.78, 5) is 0. The maximum atomic E-state index is 6.76. The first kappa shape index (κ1) is 38.0. The minimum absolute atomic E-state index is 0.507. The van der Waals surface area contributed by atoms with Gasteiger partial charge < -0.3 is 37.9 Å². The molecule has 0 bridgehead atoms. The lowest BCUT2D eigenvalue weighted by atomic mass is 9.86.